The van der Waals surface area contributed by atoms with Crippen LogP contribution < -0.4 is 4.90 Å². The highest BCUT2D eigenvalue weighted by molar-refractivity contribution is 9.10. The Morgan fingerprint density at radius 3 is 2.30 bits per heavy atom. The van der Waals surface area contributed by atoms with Crippen LogP contribution in [0.15, 0.2) is 57.9 Å². The third kappa shape index (κ3) is 5.31. The molecule has 2 heterocycles. The molecule has 0 spiro atoms. The minimum absolute atomic E-state index is 0.0675. The van der Waals surface area contributed by atoms with Crippen molar-refractivity contribution in [1.82, 2.24) is 9.21 Å². The Morgan fingerprint density at radius 2 is 1.67 bits per heavy atom. The molecule has 176 valence electrons. The van der Waals surface area contributed by atoms with Crippen LogP contribution in [0.3, 0.4) is 0 Å². The Morgan fingerprint density at radius 1 is 1.03 bits per heavy atom. The molecule has 2 amide bonds. The maximum atomic E-state index is 13.6. The van der Waals surface area contributed by atoms with E-state index in [2.05, 4.69) is 20.8 Å². The van der Waals surface area contributed by atoms with Crippen LogP contribution in [0.1, 0.15) is 6.42 Å². The smallest absolute Gasteiger partial charge is 0.252 e. The molecule has 2 aromatic rings. The van der Waals surface area contributed by atoms with E-state index in [1.54, 1.807) is 36.4 Å². The molecule has 33 heavy (non-hydrogen) atoms. The number of benzene rings is 2. The number of amides is 2. The number of halogens is 2. The highest BCUT2D eigenvalue weighted by atomic mass is 79.9. The molecular formula is C22H23BrClN3O5S. The fraction of sp³-hybridized carbons (Fsp3) is 0.364. The summed E-state index contributed by atoms with van der Waals surface area (Å²) in [5, 5.41) is 0.472. The predicted octanol–water partition coefficient (Wildman–Crippen LogP) is 2.76. The SMILES string of the molecule is O=C1CC(N(CCN2CCOCC2)S(=O)(=O)c2ccc(Br)cc2)C(=O)N1c1ccc(Cl)cc1. The second-order valence-corrected chi connectivity index (χ2v) is 11.0. The van der Waals surface area contributed by atoms with Crippen molar-refractivity contribution in [2.75, 3.05) is 44.3 Å². The number of carbonyl (C=O) groups is 2. The van der Waals surface area contributed by atoms with Gasteiger partial charge >= 0.3 is 0 Å². The minimum Gasteiger partial charge on any atom is -0.379 e. The first kappa shape index (κ1) is 24.3. The standard InChI is InChI=1S/C22H23BrClN3O5S/c23-16-1-7-19(8-2-16)33(30,31)26(10-9-25-11-13-32-14-12-25)20-15-21(28)27(22(20)29)18-5-3-17(24)4-6-18/h1-8,20H,9-15H2. The van der Waals surface area contributed by atoms with Gasteiger partial charge in [0.1, 0.15) is 6.04 Å². The Bertz CT molecular complexity index is 1120. The number of imide groups is 1. The van der Waals surface area contributed by atoms with E-state index in [-0.39, 0.29) is 17.9 Å². The lowest BCUT2D eigenvalue weighted by atomic mass is 10.2. The van der Waals surface area contributed by atoms with E-state index in [1.807, 2.05) is 0 Å². The summed E-state index contributed by atoms with van der Waals surface area (Å²) >= 11 is 9.24. The largest absolute Gasteiger partial charge is 0.379 e. The first-order valence-electron chi connectivity index (χ1n) is 10.5. The zero-order chi connectivity index (χ0) is 23.6. The molecule has 0 bridgehead atoms. The second kappa shape index (κ2) is 10.2. The maximum absolute atomic E-state index is 13.6. The highest BCUT2D eigenvalue weighted by Gasteiger charge is 2.47. The fourth-order valence-electron chi connectivity index (χ4n) is 3.95. The van der Waals surface area contributed by atoms with Crippen LogP contribution in [-0.2, 0) is 24.3 Å². The van der Waals surface area contributed by atoms with Gasteiger partial charge < -0.3 is 4.74 Å². The van der Waals surface area contributed by atoms with Crippen molar-refractivity contribution in [3.8, 4) is 0 Å². The van der Waals surface area contributed by atoms with E-state index >= 15 is 0 Å². The Labute approximate surface area is 206 Å². The lowest BCUT2D eigenvalue weighted by Crippen LogP contribution is -2.49. The molecule has 2 aliphatic rings. The number of carbonyl (C=O) groups excluding carboxylic acids is 2. The van der Waals surface area contributed by atoms with Crippen molar-refractivity contribution in [2.45, 2.75) is 17.4 Å². The van der Waals surface area contributed by atoms with Crippen molar-refractivity contribution in [3.63, 3.8) is 0 Å². The third-order valence-corrected chi connectivity index (χ3v) is 8.42. The number of sulfonamides is 1. The number of morpholine rings is 1. The second-order valence-electron chi connectivity index (χ2n) is 7.79. The van der Waals surface area contributed by atoms with Gasteiger partial charge in [0.15, 0.2) is 0 Å². The van der Waals surface area contributed by atoms with Gasteiger partial charge in [-0.1, -0.05) is 27.5 Å². The van der Waals surface area contributed by atoms with Crippen LogP contribution in [0.5, 0.6) is 0 Å². The van der Waals surface area contributed by atoms with Crippen LogP contribution in [-0.4, -0.2) is 74.9 Å². The normalized spacial score (nSPS) is 20.1. The summed E-state index contributed by atoms with van der Waals surface area (Å²) in [5.74, 6) is -1.01. The molecule has 4 rings (SSSR count). The quantitative estimate of drug-likeness (QED) is 0.488. The van der Waals surface area contributed by atoms with E-state index in [0.717, 1.165) is 9.37 Å². The van der Waals surface area contributed by atoms with E-state index in [9.17, 15) is 18.0 Å². The first-order chi connectivity index (χ1) is 15.8. The summed E-state index contributed by atoms with van der Waals surface area (Å²) in [6, 6.07) is 11.4. The number of rotatable bonds is 7. The highest BCUT2D eigenvalue weighted by Crippen LogP contribution is 2.30. The van der Waals surface area contributed by atoms with Gasteiger partial charge in [0.2, 0.25) is 15.9 Å². The average molecular weight is 557 g/mol. The molecule has 11 heteroatoms. The number of ether oxygens (including phenoxy) is 1. The molecule has 1 unspecified atom stereocenters. The fourth-order valence-corrected chi connectivity index (χ4v) is 5.92. The van der Waals surface area contributed by atoms with E-state index < -0.39 is 27.9 Å². The molecular weight excluding hydrogens is 534 g/mol. The molecule has 0 radical (unpaired) electrons. The molecule has 0 N–H and O–H groups in total. The molecule has 2 saturated heterocycles. The first-order valence-corrected chi connectivity index (χ1v) is 13.1. The van der Waals surface area contributed by atoms with Crippen LogP contribution >= 0.6 is 27.5 Å². The molecule has 0 saturated carbocycles. The summed E-state index contributed by atoms with van der Waals surface area (Å²) < 4.78 is 34.5. The molecule has 2 aromatic carbocycles. The lowest BCUT2D eigenvalue weighted by Gasteiger charge is -2.31. The van der Waals surface area contributed by atoms with Gasteiger partial charge in [-0.05, 0) is 48.5 Å². The number of hydrogen-bond donors (Lipinski definition) is 0. The van der Waals surface area contributed by atoms with Crippen molar-refractivity contribution in [3.05, 3.63) is 58.0 Å². The van der Waals surface area contributed by atoms with Gasteiger partial charge in [-0.3, -0.25) is 14.5 Å². The van der Waals surface area contributed by atoms with E-state index in [4.69, 9.17) is 16.3 Å². The minimum atomic E-state index is -4.04. The van der Waals surface area contributed by atoms with Crippen LogP contribution in [0.25, 0.3) is 0 Å². The Kier molecular flexibility index (Phi) is 7.52. The van der Waals surface area contributed by atoms with E-state index in [1.165, 1.54) is 16.4 Å². The molecule has 2 fully saturated rings. The van der Waals surface area contributed by atoms with Crippen LogP contribution in [0, 0.1) is 0 Å². The van der Waals surface area contributed by atoms with Crippen LogP contribution in [0.4, 0.5) is 5.69 Å². The average Bonchev–Trinajstić information content (AvgIpc) is 3.09. The topological polar surface area (TPSA) is 87.2 Å². The molecule has 1 atom stereocenters. The van der Waals surface area contributed by atoms with Gasteiger partial charge in [0, 0.05) is 35.7 Å². The van der Waals surface area contributed by atoms with Crippen molar-refractivity contribution < 1.29 is 22.7 Å². The molecule has 2 aliphatic heterocycles. The number of anilines is 1. The van der Waals surface area contributed by atoms with Gasteiger partial charge in [-0.25, -0.2) is 13.3 Å². The van der Waals surface area contributed by atoms with Crippen molar-refractivity contribution in [1.29, 1.82) is 0 Å². The maximum Gasteiger partial charge on any atom is 0.252 e. The Balaban J connectivity index is 1.64. The summed E-state index contributed by atoms with van der Waals surface area (Å²) in [4.78, 5) is 29.4. The predicted molar refractivity (Wildman–Crippen MR) is 128 cm³/mol. The zero-order valence-corrected chi connectivity index (χ0v) is 20.9. The summed E-state index contributed by atoms with van der Waals surface area (Å²) in [6.07, 6.45) is -0.222. The van der Waals surface area contributed by atoms with Crippen molar-refractivity contribution >= 4 is 55.1 Å². The number of hydrogen-bond acceptors (Lipinski definition) is 6. The molecule has 0 aromatic heterocycles. The summed E-state index contributed by atoms with van der Waals surface area (Å²) in [5.41, 5.74) is 0.367. The van der Waals surface area contributed by atoms with Gasteiger partial charge in [-0.2, -0.15) is 4.31 Å². The lowest BCUT2D eigenvalue weighted by molar-refractivity contribution is -0.122. The molecule has 0 aliphatic carbocycles. The third-order valence-electron chi connectivity index (χ3n) is 5.72. The van der Waals surface area contributed by atoms with Gasteiger partial charge in [-0.15, -0.1) is 0 Å². The van der Waals surface area contributed by atoms with Gasteiger partial charge in [0.25, 0.3) is 5.91 Å². The number of nitrogens with zero attached hydrogens (tertiary/aromatic N) is 3. The zero-order valence-electron chi connectivity index (χ0n) is 17.7. The Hall–Kier alpha value is -1.82. The van der Waals surface area contributed by atoms with Crippen LogP contribution in [0.2, 0.25) is 5.02 Å². The van der Waals surface area contributed by atoms with E-state index in [0.29, 0.717) is 43.6 Å². The van der Waals surface area contributed by atoms with Gasteiger partial charge in [0.05, 0.1) is 30.2 Å². The summed E-state index contributed by atoms with van der Waals surface area (Å²) in [6.45, 7) is 3.02. The molecule has 8 nitrogen and oxygen atoms in total. The van der Waals surface area contributed by atoms with Crippen molar-refractivity contribution in [2.24, 2.45) is 0 Å². The monoisotopic (exact) mass is 555 g/mol. The summed E-state index contributed by atoms with van der Waals surface area (Å²) in [7, 11) is -4.04.